The Labute approximate surface area is 204 Å². The predicted molar refractivity (Wildman–Crippen MR) is 129 cm³/mol. The van der Waals surface area contributed by atoms with Gasteiger partial charge < -0.3 is 15.8 Å². The van der Waals surface area contributed by atoms with Crippen molar-refractivity contribution in [2.75, 3.05) is 16.5 Å². The smallest absolute Gasteiger partial charge is 0.406 e. The van der Waals surface area contributed by atoms with Crippen LogP contribution in [0.15, 0.2) is 91.3 Å². The highest BCUT2D eigenvalue weighted by molar-refractivity contribution is 5.89. The molecular weight excluding hydrogens is 473 g/mol. The number of carbonyl (C=O) groups is 1. The molecule has 0 bridgehead atoms. The Kier molecular flexibility index (Phi) is 7.19. The quantitative estimate of drug-likeness (QED) is 0.256. The van der Waals surface area contributed by atoms with Crippen molar-refractivity contribution in [2.45, 2.75) is 12.3 Å². The van der Waals surface area contributed by atoms with Gasteiger partial charge in [0.05, 0.1) is 5.92 Å². The van der Waals surface area contributed by atoms with Gasteiger partial charge in [-0.15, -0.1) is 13.2 Å². The van der Waals surface area contributed by atoms with Crippen LogP contribution in [0.25, 0.3) is 0 Å². The Bertz CT molecular complexity index is 1260. The number of anilines is 4. The number of nitrogen functional groups attached to an aromatic ring is 1. The van der Waals surface area contributed by atoms with E-state index in [-0.39, 0.29) is 29.0 Å². The average Bonchev–Trinajstić information content (AvgIpc) is 2.86. The van der Waals surface area contributed by atoms with E-state index in [9.17, 15) is 18.0 Å². The van der Waals surface area contributed by atoms with Gasteiger partial charge in [-0.2, -0.15) is 0 Å². The Morgan fingerprint density at radius 3 is 1.94 bits per heavy atom. The maximum atomic E-state index is 13.2. The second-order valence-corrected chi connectivity index (χ2v) is 7.55. The molecule has 0 radical (unpaired) electrons. The molecule has 1 aromatic heterocycles. The molecule has 0 saturated carbocycles. The largest absolute Gasteiger partial charge is 0.573 e. The van der Waals surface area contributed by atoms with Crippen molar-refractivity contribution >= 4 is 28.9 Å². The molecule has 4 aromatic rings. The minimum Gasteiger partial charge on any atom is -0.406 e. The summed E-state index contributed by atoms with van der Waals surface area (Å²) in [5, 5.41) is 2.90. The number of carbonyl (C=O) groups excluding carboxylic acids is 1. The van der Waals surface area contributed by atoms with Crippen LogP contribution < -0.4 is 26.6 Å². The van der Waals surface area contributed by atoms with Gasteiger partial charge in [0.2, 0.25) is 5.91 Å². The monoisotopic (exact) mass is 494 g/mol. The Hall–Kier alpha value is -4.80. The number of amides is 1. The van der Waals surface area contributed by atoms with Gasteiger partial charge in [-0.25, -0.2) is 9.97 Å². The molecule has 5 N–H and O–H groups in total. The zero-order valence-electron chi connectivity index (χ0n) is 18.7. The minimum absolute atomic E-state index is 0.0874. The summed E-state index contributed by atoms with van der Waals surface area (Å²) in [6, 6.07) is 23.7. The van der Waals surface area contributed by atoms with Crippen molar-refractivity contribution in [3.63, 3.8) is 0 Å². The van der Waals surface area contributed by atoms with Crippen LogP contribution in [0.1, 0.15) is 17.0 Å². The van der Waals surface area contributed by atoms with Crippen molar-refractivity contribution in [1.82, 2.24) is 15.4 Å². The Morgan fingerprint density at radius 1 is 0.833 bits per heavy atom. The normalized spacial score (nSPS) is 11.1. The van der Waals surface area contributed by atoms with Crippen LogP contribution in [-0.2, 0) is 4.79 Å². The molecule has 3 aromatic carbocycles. The van der Waals surface area contributed by atoms with Crippen molar-refractivity contribution in [2.24, 2.45) is 0 Å². The first-order valence-corrected chi connectivity index (χ1v) is 10.7. The highest BCUT2D eigenvalue weighted by Gasteiger charge is 2.31. The van der Waals surface area contributed by atoms with Gasteiger partial charge in [0, 0.05) is 5.69 Å². The van der Waals surface area contributed by atoms with E-state index in [1.54, 1.807) is 0 Å². The maximum Gasteiger partial charge on any atom is 0.573 e. The summed E-state index contributed by atoms with van der Waals surface area (Å²) in [6.45, 7) is 0. The second kappa shape index (κ2) is 10.6. The van der Waals surface area contributed by atoms with Gasteiger partial charge in [-0.3, -0.25) is 15.6 Å². The van der Waals surface area contributed by atoms with E-state index in [0.29, 0.717) is 5.69 Å². The lowest BCUT2D eigenvalue weighted by Crippen LogP contribution is -2.35. The number of halogens is 3. The molecule has 0 unspecified atom stereocenters. The van der Waals surface area contributed by atoms with Gasteiger partial charge in [0.25, 0.3) is 0 Å². The SMILES string of the molecule is Nc1c(NNC(=O)C(c2ccccc2)c2ccccc2)ncnc1Nc1ccc(OC(F)(F)F)cc1. The lowest BCUT2D eigenvalue weighted by molar-refractivity contribution is -0.274. The number of nitrogens with zero attached hydrogens (tertiary/aromatic N) is 2. The summed E-state index contributed by atoms with van der Waals surface area (Å²) in [6.07, 6.45) is -3.56. The molecule has 0 atom stereocenters. The number of nitrogens with one attached hydrogen (secondary N) is 3. The van der Waals surface area contributed by atoms with Gasteiger partial charge in [-0.05, 0) is 35.4 Å². The van der Waals surface area contributed by atoms with Crippen molar-refractivity contribution in [1.29, 1.82) is 0 Å². The number of hydrogen-bond acceptors (Lipinski definition) is 7. The maximum absolute atomic E-state index is 13.2. The number of alkyl halides is 3. The molecular formula is C25H21F3N6O2. The molecule has 0 aliphatic rings. The summed E-state index contributed by atoms with van der Waals surface area (Å²) in [5.41, 5.74) is 13.6. The van der Waals surface area contributed by atoms with Crippen molar-refractivity contribution < 1.29 is 22.7 Å². The zero-order valence-corrected chi connectivity index (χ0v) is 18.7. The molecule has 36 heavy (non-hydrogen) atoms. The first-order valence-electron chi connectivity index (χ1n) is 10.7. The Morgan fingerprint density at radius 2 is 1.39 bits per heavy atom. The molecule has 0 saturated heterocycles. The summed E-state index contributed by atoms with van der Waals surface area (Å²) >= 11 is 0. The first-order chi connectivity index (χ1) is 17.3. The Balaban J connectivity index is 1.47. The molecule has 184 valence electrons. The van der Waals surface area contributed by atoms with Gasteiger partial charge >= 0.3 is 6.36 Å². The van der Waals surface area contributed by atoms with E-state index < -0.39 is 12.3 Å². The number of benzene rings is 3. The lowest BCUT2D eigenvalue weighted by atomic mass is 9.91. The number of hydrogen-bond donors (Lipinski definition) is 4. The fourth-order valence-electron chi connectivity index (χ4n) is 3.45. The van der Waals surface area contributed by atoms with Crippen LogP contribution in [0.4, 0.5) is 36.2 Å². The zero-order chi connectivity index (χ0) is 25.5. The van der Waals surface area contributed by atoms with E-state index in [4.69, 9.17) is 5.73 Å². The molecule has 11 heteroatoms. The molecule has 1 heterocycles. The van der Waals surface area contributed by atoms with Crippen molar-refractivity contribution in [3.8, 4) is 5.75 Å². The number of hydrazine groups is 1. The fraction of sp³-hybridized carbons (Fsp3) is 0.0800. The van der Waals surface area contributed by atoms with Gasteiger partial charge in [0.1, 0.15) is 17.8 Å². The predicted octanol–water partition coefficient (Wildman–Crippen LogP) is 4.98. The lowest BCUT2D eigenvalue weighted by Gasteiger charge is -2.19. The van der Waals surface area contributed by atoms with Crippen LogP contribution >= 0.6 is 0 Å². The van der Waals surface area contributed by atoms with Crippen LogP contribution in [0.3, 0.4) is 0 Å². The topological polar surface area (TPSA) is 114 Å². The first kappa shape index (κ1) is 24.3. The number of nitrogens with two attached hydrogens (primary N) is 1. The van der Waals surface area contributed by atoms with E-state index >= 15 is 0 Å². The third-order valence-electron chi connectivity index (χ3n) is 5.07. The molecule has 4 rings (SSSR count). The summed E-state index contributed by atoms with van der Waals surface area (Å²) in [7, 11) is 0. The molecule has 1 amide bonds. The number of ether oxygens (including phenoxy) is 1. The second-order valence-electron chi connectivity index (χ2n) is 7.55. The van der Waals surface area contributed by atoms with Crippen molar-refractivity contribution in [3.05, 3.63) is 102 Å². The summed E-state index contributed by atoms with van der Waals surface area (Å²) in [5.74, 6) is -0.954. The third-order valence-corrected chi connectivity index (χ3v) is 5.07. The van der Waals surface area contributed by atoms with Gasteiger partial charge in [0.15, 0.2) is 11.6 Å². The van der Waals surface area contributed by atoms with E-state index in [2.05, 4.69) is 30.9 Å². The average molecular weight is 494 g/mol. The third kappa shape index (κ3) is 6.20. The van der Waals surface area contributed by atoms with E-state index in [0.717, 1.165) is 23.3 Å². The van der Waals surface area contributed by atoms with Crippen LogP contribution in [0.2, 0.25) is 0 Å². The van der Waals surface area contributed by atoms with Crippen LogP contribution in [0, 0.1) is 0 Å². The highest BCUT2D eigenvalue weighted by atomic mass is 19.4. The molecule has 0 fully saturated rings. The van der Waals surface area contributed by atoms with Crippen LogP contribution in [-0.4, -0.2) is 22.2 Å². The summed E-state index contributed by atoms with van der Waals surface area (Å²) < 4.78 is 40.9. The minimum atomic E-state index is -4.78. The molecule has 0 aliphatic heterocycles. The van der Waals surface area contributed by atoms with E-state index in [1.807, 2.05) is 60.7 Å². The van der Waals surface area contributed by atoms with E-state index in [1.165, 1.54) is 18.5 Å². The summed E-state index contributed by atoms with van der Waals surface area (Å²) in [4.78, 5) is 21.3. The standard InChI is InChI=1S/C25H21F3N6O2/c26-25(27,28)36-19-13-11-18(12-14-19)32-22-21(29)23(31-15-30-22)33-34-24(35)20(16-7-3-1-4-8-16)17-9-5-2-6-10-17/h1-15,20H,29H2,(H,34,35)(H2,30,31,32,33). The molecule has 8 nitrogen and oxygen atoms in total. The van der Waals surface area contributed by atoms with Crippen LogP contribution in [0.5, 0.6) is 5.75 Å². The highest BCUT2D eigenvalue weighted by Crippen LogP contribution is 2.29. The molecule has 0 spiro atoms. The molecule has 0 aliphatic carbocycles. The fourth-order valence-corrected chi connectivity index (χ4v) is 3.45. The number of rotatable bonds is 8. The number of aromatic nitrogens is 2. The van der Waals surface area contributed by atoms with Gasteiger partial charge in [-0.1, -0.05) is 60.7 Å².